The lowest BCUT2D eigenvalue weighted by atomic mass is 10.0. The third-order valence-corrected chi connectivity index (χ3v) is 4.51. The number of urea groups is 1. The molecule has 0 aliphatic heterocycles. The van der Waals surface area contributed by atoms with Gasteiger partial charge in [-0.3, -0.25) is 0 Å². The molecule has 0 saturated carbocycles. The highest BCUT2D eigenvalue weighted by Crippen LogP contribution is 2.15. The van der Waals surface area contributed by atoms with Crippen LogP contribution in [0.25, 0.3) is 0 Å². The lowest BCUT2D eigenvalue weighted by Gasteiger charge is -2.11. The summed E-state index contributed by atoms with van der Waals surface area (Å²) in [7, 11) is 0. The van der Waals surface area contributed by atoms with E-state index in [2.05, 4.69) is 32.6 Å². The number of nitrogens with one attached hydrogen (secondary N) is 2. The summed E-state index contributed by atoms with van der Waals surface area (Å²) in [4.78, 5) is 11.5. The van der Waals surface area contributed by atoms with E-state index in [1.165, 1.54) is 24.8 Å². The molecule has 0 radical (unpaired) electrons. The Hall–Kier alpha value is -1.07. The van der Waals surface area contributed by atoms with E-state index in [0.29, 0.717) is 6.54 Å². The Balaban J connectivity index is 2.23. The number of hydrogen-bond acceptors (Lipinski definition) is 2. The van der Waals surface area contributed by atoms with E-state index < -0.39 is 0 Å². The molecule has 1 atom stereocenters. The van der Waals surface area contributed by atoms with E-state index >= 15 is 0 Å². The van der Waals surface area contributed by atoms with Crippen molar-refractivity contribution in [2.24, 2.45) is 0 Å². The zero-order valence-corrected chi connectivity index (χ0v) is 16.3. The third kappa shape index (κ3) is 9.93. The van der Waals surface area contributed by atoms with Gasteiger partial charge in [-0.1, -0.05) is 47.3 Å². The van der Waals surface area contributed by atoms with Gasteiger partial charge in [0.05, 0.1) is 6.10 Å². The number of rotatable bonds is 12. The Labute approximate surface area is 154 Å². The lowest BCUT2D eigenvalue weighted by Crippen LogP contribution is -2.28. The number of halogens is 1. The van der Waals surface area contributed by atoms with Crippen molar-refractivity contribution in [1.82, 2.24) is 5.32 Å². The van der Waals surface area contributed by atoms with Crippen molar-refractivity contribution in [3.8, 4) is 0 Å². The van der Waals surface area contributed by atoms with Gasteiger partial charge in [-0.05, 0) is 56.7 Å². The smallest absolute Gasteiger partial charge is 0.319 e. The number of carbonyl (C=O) groups is 1. The summed E-state index contributed by atoms with van der Waals surface area (Å²) in [6.07, 6.45) is 8.22. The van der Waals surface area contributed by atoms with Crippen LogP contribution in [0.1, 0.15) is 57.4 Å². The fourth-order valence-electron chi connectivity index (χ4n) is 2.65. The van der Waals surface area contributed by atoms with E-state index in [0.717, 1.165) is 43.1 Å². The molecule has 3 N–H and O–H groups in total. The summed E-state index contributed by atoms with van der Waals surface area (Å²) in [6, 6.07) is 7.74. The maximum Gasteiger partial charge on any atom is 0.319 e. The first kappa shape index (κ1) is 21.0. The number of amides is 2. The van der Waals surface area contributed by atoms with Crippen LogP contribution in [0.3, 0.4) is 0 Å². The van der Waals surface area contributed by atoms with E-state index in [1.54, 1.807) is 0 Å². The Kier molecular flexibility index (Phi) is 11.6. The Morgan fingerprint density at radius 3 is 2.67 bits per heavy atom. The van der Waals surface area contributed by atoms with E-state index in [1.807, 2.05) is 25.1 Å². The molecule has 0 heterocycles. The van der Waals surface area contributed by atoms with Gasteiger partial charge in [0, 0.05) is 17.6 Å². The number of aliphatic hydroxyl groups excluding tert-OH is 1. The van der Waals surface area contributed by atoms with Crippen molar-refractivity contribution >= 4 is 27.6 Å². The van der Waals surface area contributed by atoms with Crippen molar-refractivity contribution in [1.29, 1.82) is 0 Å². The third-order valence-electron chi connectivity index (χ3n) is 3.95. The highest BCUT2D eigenvalue weighted by Gasteiger charge is 2.05. The number of alkyl halides is 1. The summed E-state index contributed by atoms with van der Waals surface area (Å²) < 4.78 is 0. The fourth-order valence-corrected chi connectivity index (χ4v) is 3.05. The second-order valence-electron chi connectivity index (χ2n) is 6.12. The van der Waals surface area contributed by atoms with E-state index in [9.17, 15) is 9.90 Å². The van der Waals surface area contributed by atoms with Crippen LogP contribution in [0.4, 0.5) is 10.5 Å². The molecule has 1 aromatic carbocycles. The van der Waals surface area contributed by atoms with Crippen LogP contribution in [-0.4, -0.2) is 29.1 Å². The van der Waals surface area contributed by atoms with Gasteiger partial charge in [0.25, 0.3) is 0 Å². The maximum absolute atomic E-state index is 11.5. The number of aliphatic hydroxyl groups is 1. The molecule has 0 saturated heterocycles. The summed E-state index contributed by atoms with van der Waals surface area (Å²) >= 11 is 3.44. The van der Waals surface area contributed by atoms with Crippen LogP contribution in [-0.2, 0) is 6.42 Å². The summed E-state index contributed by atoms with van der Waals surface area (Å²) in [5.74, 6) is 0. The van der Waals surface area contributed by atoms with Gasteiger partial charge >= 0.3 is 6.03 Å². The van der Waals surface area contributed by atoms with Crippen molar-refractivity contribution in [2.45, 2.75) is 64.4 Å². The highest BCUT2D eigenvalue weighted by molar-refractivity contribution is 9.09. The molecule has 4 nitrogen and oxygen atoms in total. The molecule has 1 unspecified atom stereocenters. The molecule has 0 aliphatic rings. The van der Waals surface area contributed by atoms with Crippen LogP contribution in [0.5, 0.6) is 0 Å². The monoisotopic (exact) mass is 398 g/mol. The zero-order valence-electron chi connectivity index (χ0n) is 14.7. The lowest BCUT2D eigenvalue weighted by molar-refractivity contribution is 0.148. The minimum atomic E-state index is -0.189. The molecule has 0 fully saturated rings. The van der Waals surface area contributed by atoms with E-state index in [4.69, 9.17) is 0 Å². The number of carbonyl (C=O) groups excluding carboxylic acids is 1. The molecule has 136 valence electrons. The van der Waals surface area contributed by atoms with Crippen LogP contribution >= 0.6 is 15.9 Å². The van der Waals surface area contributed by atoms with Crippen molar-refractivity contribution in [3.05, 3.63) is 29.8 Å². The molecule has 0 aromatic heterocycles. The van der Waals surface area contributed by atoms with Crippen molar-refractivity contribution < 1.29 is 9.90 Å². The van der Waals surface area contributed by atoms with Crippen LogP contribution in [0, 0.1) is 0 Å². The molecular weight excluding hydrogens is 368 g/mol. The first-order chi connectivity index (χ1) is 11.7. The van der Waals surface area contributed by atoms with Gasteiger partial charge < -0.3 is 15.7 Å². The summed E-state index contributed by atoms with van der Waals surface area (Å²) in [5.41, 5.74) is 2.00. The maximum atomic E-state index is 11.5. The van der Waals surface area contributed by atoms with Crippen molar-refractivity contribution in [2.75, 3.05) is 17.2 Å². The van der Waals surface area contributed by atoms with Gasteiger partial charge in [-0.25, -0.2) is 4.79 Å². The van der Waals surface area contributed by atoms with Gasteiger partial charge in [0.1, 0.15) is 0 Å². The fraction of sp³-hybridized carbons (Fsp3) is 0.632. The molecular formula is C19H31BrN2O2. The molecule has 1 rings (SSSR count). The predicted octanol–water partition coefficient (Wildman–Crippen LogP) is 4.86. The number of unbranched alkanes of at least 4 members (excludes halogenated alkanes) is 3. The summed E-state index contributed by atoms with van der Waals surface area (Å²) in [5, 5.41) is 16.7. The largest absolute Gasteiger partial charge is 0.393 e. The number of aryl methyl sites for hydroxylation is 1. The van der Waals surface area contributed by atoms with Gasteiger partial charge in [-0.2, -0.15) is 0 Å². The highest BCUT2D eigenvalue weighted by atomic mass is 79.9. The average Bonchev–Trinajstić information content (AvgIpc) is 2.55. The topological polar surface area (TPSA) is 61.4 Å². The SMILES string of the molecule is CCNC(=O)Nc1cccc(CCCC(O)CCCCCCBr)c1. The normalized spacial score (nSPS) is 12.0. The van der Waals surface area contributed by atoms with Crippen LogP contribution in [0.2, 0.25) is 0 Å². The first-order valence-corrected chi connectivity index (χ1v) is 10.2. The molecule has 5 heteroatoms. The molecule has 2 amide bonds. The second-order valence-corrected chi connectivity index (χ2v) is 6.92. The van der Waals surface area contributed by atoms with Crippen molar-refractivity contribution in [3.63, 3.8) is 0 Å². The minimum Gasteiger partial charge on any atom is -0.393 e. The standard InChI is InChI=1S/C19H31BrN2O2/c1-2-21-19(24)22-17-11-7-9-16(15-17)10-8-13-18(23)12-5-3-4-6-14-20/h7,9,11,15,18,23H,2-6,8,10,12-14H2,1H3,(H2,21,22,24). The minimum absolute atomic E-state index is 0.176. The molecule has 24 heavy (non-hydrogen) atoms. The second kappa shape index (κ2) is 13.2. The molecule has 0 aliphatic carbocycles. The predicted molar refractivity (Wildman–Crippen MR) is 105 cm³/mol. The Bertz CT molecular complexity index is 468. The number of anilines is 1. The van der Waals surface area contributed by atoms with Crippen LogP contribution in [0.15, 0.2) is 24.3 Å². The number of benzene rings is 1. The average molecular weight is 399 g/mol. The van der Waals surface area contributed by atoms with Crippen LogP contribution < -0.4 is 10.6 Å². The van der Waals surface area contributed by atoms with Gasteiger partial charge in [0.2, 0.25) is 0 Å². The first-order valence-electron chi connectivity index (χ1n) is 9.03. The molecule has 0 bridgehead atoms. The van der Waals surface area contributed by atoms with E-state index in [-0.39, 0.29) is 12.1 Å². The molecule has 0 spiro atoms. The number of hydrogen-bond donors (Lipinski definition) is 3. The Morgan fingerprint density at radius 2 is 1.92 bits per heavy atom. The summed E-state index contributed by atoms with van der Waals surface area (Å²) in [6.45, 7) is 2.50. The molecule has 1 aromatic rings. The Morgan fingerprint density at radius 1 is 1.17 bits per heavy atom. The van der Waals surface area contributed by atoms with Gasteiger partial charge in [0.15, 0.2) is 0 Å². The zero-order chi connectivity index (χ0) is 17.6. The quantitative estimate of drug-likeness (QED) is 0.347. The van der Waals surface area contributed by atoms with Gasteiger partial charge in [-0.15, -0.1) is 0 Å².